The van der Waals surface area contributed by atoms with Crippen LogP contribution in [-0.2, 0) is 0 Å². The second kappa shape index (κ2) is 9.67. The van der Waals surface area contributed by atoms with Crippen LogP contribution >= 0.6 is 15.9 Å². The number of benzene rings is 3. The summed E-state index contributed by atoms with van der Waals surface area (Å²) in [6.07, 6.45) is 0.735. The van der Waals surface area contributed by atoms with Crippen LogP contribution in [0, 0.1) is 5.82 Å². The summed E-state index contributed by atoms with van der Waals surface area (Å²) in [5.74, 6) is -0.131. The highest BCUT2D eigenvalue weighted by atomic mass is 79.9. The molecule has 0 aliphatic rings. The summed E-state index contributed by atoms with van der Waals surface area (Å²) in [5.41, 5.74) is 1.32. The highest BCUT2D eigenvalue weighted by molar-refractivity contribution is 9.10. The summed E-state index contributed by atoms with van der Waals surface area (Å²) < 4.78 is 15.9. The average molecular weight is 508 g/mol. The molecule has 1 aromatic heterocycles. The normalized spacial score (nSPS) is 12.0. The zero-order valence-electron chi connectivity index (χ0n) is 18.3. The van der Waals surface area contributed by atoms with Gasteiger partial charge in [0.1, 0.15) is 11.6 Å². The minimum absolute atomic E-state index is 0.154. The average Bonchev–Trinajstić information content (AvgIpc) is 2.82. The van der Waals surface area contributed by atoms with E-state index in [0.717, 1.165) is 10.9 Å². The van der Waals surface area contributed by atoms with Gasteiger partial charge in [-0.15, -0.1) is 0 Å². The molecular weight excluding hydrogens is 485 g/mol. The van der Waals surface area contributed by atoms with E-state index in [1.807, 2.05) is 32.0 Å². The first kappa shape index (κ1) is 22.9. The van der Waals surface area contributed by atoms with Crippen molar-refractivity contribution in [2.24, 2.45) is 0 Å². The SMILES string of the molecule is CCCN(C(=O)c1cccc(Br)c1)C(C)c1nc2ccccc2c(=O)n1-c1ccc(F)cc1. The van der Waals surface area contributed by atoms with Crippen molar-refractivity contribution in [2.75, 3.05) is 6.54 Å². The van der Waals surface area contributed by atoms with E-state index < -0.39 is 11.9 Å². The molecule has 1 amide bonds. The monoisotopic (exact) mass is 507 g/mol. The molecule has 0 spiro atoms. The van der Waals surface area contributed by atoms with Crippen molar-refractivity contribution >= 4 is 32.7 Å². The molecule has 1 atom stereocenters. The van der Waals surface area contributed by atoms with E-state index in [1.165, 1.54) is 16.7 Å². The van der Waals surface area contributed by atoms with E-state index in [1.54, 1.807) is 47.4 Å². The summed E-state index contributed by atoms with van der Waals surface area (Å²) in [6, 6.07) is 19.5. The van der Waals surface area contributed by atoms with Crippen LogP contribution in [0.3, 0.4) is 0 Å². The number of fused-ring (bicyclic) bond motifs is 1. The molecular formula is C26H23BrFN3O2. The van der Waals surface area contributed by atoms with E-state index in [9.17, 15) is 14.0 Å². The first-order valence-corrected chi connectivity index (χ1v) is 11.5. The van der Waals surface area contributed by atoms with Crippen molar-refractivity contribution < 1.29 is 9.18 Å². The number of hydrogen-bond donors (Lipinski definition) is 0. The minimum Gasteiger partial charge on any atom is -0.329 e. The van der Waals surface area contributed by atoms with Crippen molar-refractivity contribution in [1.82, 2.24) is 14.5 Å². The van der Waals surface area contributed by atoms with Crippen molar-refractivity contribution in [1.29, 1.82) is 0 Å². The number of carbonyl (C=O) groups excluding carboxylic acids is 1. The van der Waals surface area contributed by atoms with Crippen LogP contribution in [0.25, 0.3) is 16.6 Å². The Morgan fingerprint density at radius 1 is 1.09 bits per heavy atom. The van der Waals surface area contributed by atoms with Gasteiger partial charge in [-0.3, -0.25) is 14.2 Å². The Morgan fingerprint density at radius 3 is 2.52 bits per heavy atom. The fourth-order valence-electron chi connectivity index (χ4n) is 3.91. The van der Waals surface area contributed by atoms with Crippen LogP contribution in [0.4, 0.5) is 4.39 Å². The second-order valence-electron chi connectivity index (χ2n) is 7.79. The van der Waals surface area contributed by atoms with E-state index in [-0.39, 0.29) is 11.5 Å². The predicted molar refractivity (Wildman–Crippen MR) is 131 cm³/mol. The maximum absolute atomic E-state index is 13.6. The second-order valence-corrected chi connectivity index (χ2v) is 8.70. The van der Waals surface area contributed by atoms with Gasteiger partial charge in [-0.2, -0.15) is 0 Å². The van der Waals surface area contributed by atoms with Gasteiger partial charge in [-0.25, -0.2) is 9.37 Å². The summed E-state index contributed by atoms with van der Waals surface area (Å²) >= 11 is 3.43. The molecule has 1 heterocycles. The Morgan fingerprint density at radius 2 is 1.82 bits per heavy atom. The maximum Gasteiger partial charge on any atom is 0.266 e. The van der Waals surface area contributed by atoms with Crippen LogP contribution in [0.5, 0.6) is 0 Å². The lowest BCUT2D eigenvalue weighted by atomic mass is 10.1. The Balaban J connectivity index is 1.90. The number of carbonyl (C=O) groups is 1. The van der Waals surface area contributed by atoms with E-state index in [2.05, 4.69) is 15.9 Å². The van der Waals surface area contributed by atoms with Crippen molar-refractivity contribution in [2.45, 2.75) is 26.3 Å². The molecule has 1 unspecified atom stereocenters. The summed E-state index contributed by atoms with van der Waals surface area (Å²) in [4.78, 5) is 33.5. The standard InChI is InChI=1S/C26H23BrFN3O2/c1-3-15-30(25(32)18-7-6-8-19(27)16-18)17(2)24-29-23-10-5-4-9-22(23)26(33)31(24)21-13-11-20(28)12-14-21/h4-14,16-17H,3,15H2,1-2H3. The topological polar surface area (TPSA) is 55.2 Å². The number of nitrogens with zero attached hydrogens (tertiary/aromatic N) is 3. The van der Waals surface area contributed by atoms with E-state index in [4.69, 9.17) is 4.98 Å². The van der Waals surface area contributed by atoms with Gasteiger partial charge in [0.15, 0.2) is 0 Å². The molecule has 5 nitrogen and oxygen atoms in total. The zero-order chi connectivity index (χ0) is 23.5. The molecule has 0 radical (unpaired) electrons. The van der Waals surface area contributed by atoms with Gasteiger partial charge in [0.05, 0.1) is 22.6 Å². The molecule has 4 rings (SSSR count). The molecule has 4 aromatic rings. The number of para-hydroxylation sites is 1. The van der Waals surface area contributed by atoms with E-state index >= 15 is 0 Å². The molecule has 33 heavy (non-hydrogen) atoms. The van der Waals surface area contributed by atoms with Gasteiger partial charge in [0, 0.05) is 16.6 Å². The summed E-state index contributed by atoms with van der Waals surface area (Å²) in [5, 5.41) is 0.457. The van der Waals surface area contributed by atoms with Crippen molar-refractivity contribution in [3.05, 3.63) is 105 Å². The maximum atomic E-state index is 13.6. The third-order valence-corrected chi connectivity index (χ3v) is 6.02. The number of halogens is 2. The van der Waals surface area contributed by atoms with Gasteiger partial charge in [0.2, 0.25) is 0 Å². The number of rotatable bonds is 6. The predicted octanol–water partition coefficient (Wildman–Crippen LogP) is 5.90. The lowest BCUT2D eigenvalue weighted by Gasteiger charge is -2.30. The van der Waals surface area contributed by atoms with Crippen LogP contribution < -0.4 is 5.56 Å². The third-order valence-electron chi connectivity index (χ3n) is 5.52. The Bertz CT molecular complexity index is 1370. The molecule has 0 saturated carbocycles. The van der Waals surface area contributed by atoms with Crippen LogP contribution in [0.1, 0.15) is 42.5 Å². The molecule has 0 bridgehead atoms. The van der Waals surface area contributed by atoms with Gasteiger partial charge >= 0.3 is 0 Å². The molecule has 0 saturated heterocycles. The Hall–Kier alpha value is -3.32. The van der Waals surface area contributed by atoms with E-state index in [0.29, 0.717) is 34.5 Å². The Labute approximate surface area is 199 Å². The fraction of sp³-hybridized carbons (Fsp3) is 0.192. The quantitative estimate of drug-likeness (QED) is 0.326. The van der Waals surface area contributed by atoms with Crippen molar-refractivity contribution in [3.8, 4) is 5.69 Å². The summed E-state index contributed by atoms with van der Waals surface area (Å²) in [6.45, 7) is 4.34. The fourth-order valence-corrected chi connectivity index (χ4v) is 4.31. The number of amides is 1. The molecule has 0 aliphatic carbocycles. The Kier molecular flexibility index (Phi) is 6.70. The third kappa shape index (κ3) is 4.59. The molecule has 0 N–H and O–H groups in total. The lowest BCUT2D eigenvalue weighted by molar-refractivity contribution is 0.0681. The largest absolute Gasteiger partial charge is 0.329 e. The highest BCUT2D eigenvalue weighted by Crippen LogP contribution is 2.25. The summed E-state index contributed by atoms with van der Waals surface area (Å²) in [7, 11) is 0. The minimum atomic E-state index is -0.515. The van der Waals surface area contributed by atoms with Crippen LogP contribution in [0.15, 0.2) is 82.1 Å². The van der Waals surface area contributed by atoms with Crippen LogP contribution in [-0.4, -0.2) is 26.9 Å². The highest BCUT2D eigenvalue weighted by Gasteiger charge is 2.27. The molecule has 3 aromatic carbocycles. The first-order chi connectivity index (χ1) is 15.9. The zero-order valence-corrected chi connectivity index (χ0v) is 19.9. The molecule has 168 valence electrons. The first-order valence-electron chi connectivity index (χ1n) is 10.7. The van der Waals surface area contributed by atoms with Gasteiger partial charge < -0.3 is 4.90 Å². The molecule has 0 aliphatic heterocycles. The van der Waals surface area contributed by atoms with Gasteiger partial charge in [0.25, 0.3) is 11.5 Å². The smallest absolute Gasteiger partial charge is 0.266 e. The molecule has 7 heteroatoms. The van der Waals surface area contributed by atoms with Crippen molar-refractivity contribution in [3.63, 3.8) is 0 Å². The lowest BCUT2D eigenvalue weighted by Crippen LogP contribution is -2.38. The number of hydrogen-bond acceptors (Lipinski definition) is 3. The van der Waals surface area contributed by atoms with Gasteiger partial charge in [-0.1, -0.05) is 41.1 Å². The molecule has 0 fully saturated rings. The van der Waals surface area contributed by atoms with Crippen LogP contribution in [0.2, 0.25) is 0 Å². The number of aromatic nitrogens is 2. The van der Waals surface area contributed by atoms with Gasteiger partial charge in [-0.05, 0) is 67.9 Å².